The number of nitrogens with zero attached hydrogens (tertiary/aromatic N) is 1. The normalized spacial score (nSPS) is 19.4. The predicted molar refractivity (Wildman–Crippen MR) is 49.9 cm³/mol. The summed E-state index contributed by atoms with van der Waals surface area (Å²) in [4.78, 5) is 2.36. The van der Waals surface area contributed by atoms with Crippen LogP contribution in [-0.4, -0.2) is 37.7 Å². The third-order valence-electron chi connectivity index (χ3n) is 1.92. The van der Waals surface area contributed by atoms with E-state index in [1.54, 1.807) is 0 Å². The van der Waals surface area contributed by atoms with Gasteiger partial charge in [0.15, 0.2) is 0 Å². The van der Waals surface area contributed by atoms with Crippen molar-refractivity contribution in [2.24, 2.45) is 0 Å². The fraction of sp³-hybridized carbons (Fsp3) is 0.800. The Bertz CT molecular complexity index is 160. The molecule has 1 saturated heterocycles. The molecule has 0 bridgehead atoms. The highest BCUT2D eigenvalue weighted by Crippen LogP contribution is 1.97. The molecule has 0 amide bonds. The molecule has 0 atom stereocenters. The molecule has 0 aromatic carbocycles. The van der Waals surface area contributed by atoms with E-state index in [0.29, 0.717) is 0 Å². The maximum absolute atomic E-state index is 5.34. The van der Waals surface area contributed by atoms with Gasteiger partial charge < -0.3 is 4.74 Å². The van der Waals surface area contributed by atoms with Gasteiger partial charge in [-0.15, -0.1) is 5.92 Å². The van der Waals surface area contributed by atoms with E-state index >= 15 is 0 Å². The summed E-state index contributed by atoms with van der Waals surface area (Å²) in [5, 5.41) is 0. The summed E-state index contributed by atoms with van der Waals surface area (Å²) >= 11 is 0. The Balaban J connectivity index is 2.20. The fourth-order valence-corrected chi connectivity index (χ4v) is 1.25. The topological polar surface area (TPSA) is 12.5 Å². The molecule has 0 aromatic rings. The Labute approximate surface area is 74.9 Å². The zero-order valence-electron chi connectivity index (χ0n) is 7.81. The molecular formula is C10H17NO. The summed E-state index contributed by atoms with van der Waals surface area (Å²) in [6.45, 7) is 6.96. The molecular weight excluding hydrogens is 150 g/mol. The lowest BCUT2D eigenvalue weighted by Crippen LogP contribution is -2.26. The van der Waals surface area contributed by atoms with Crippen LogP contribution in [0.25, 0.3) is 0 Å². The average molecular weight is 167 g/mol. The molecule has 0 N–H and O–H groups in total. The van der Waals surface area contributed by atoms with Crippen molar-refractivity contribution in [2.75, 3.05) is 32.8 Å². The molecule has 1 aliphatic rings. The highest BCUT2D eigenvalue weighted by Gasteiger charge is 2.06. The molecule has 0 spiro atoms. The van der Waals surface area contributed by atoms with Gasteiger partial charge in [0.2, 0.25) is 0 Å². The highest BCUT2D eigenvalue weighted by atomic mass is 16.5. The number of hydrogen-bond acceptors (Lipinski definition) is 2. The number of hydrogen-bond donors (Lipinski definition) is 0. The summed E-state index contributed by atoms with van der Waals surface area (Å²) in [5.74, 6) is 6.24. The van der Waals surface area contributed by atoms with Gasteiger partial charge in [-0.1, -0.05) is 12.8 Å². The van der Waals surface area contributed by atoms with Crippen LogP contribution in [0.2, 0.25) is 0 Å². The fourth-order valence-electron chi connectivity index (χ4n) is 1.25. The van der Waals surface area contributed by atoms with Gasteiger partial charge in [-0.2, -0.15) is 0 Å². The van der Waals surface area contributed by atoms with Gasteiger partial charge in [0.05, 0.1) is 13.2 Å². The molecule has 68 valence electrons. The summed E-state index contributed by atoms with van der Waals surface area (Å²) in [7, 11) is 0. The van der Waals surface area contributed by atoms with Crippen molar-refractivity contribution in [1.82, 2.24) is 4.90 Å². The van der Waals surface area contributed by atoms with E-state index in [0.717, 1.165) is 45.7 Å². The van der Waals surface area contributed by atoms with Crippen molar-refractivity contribution < 1.29 is 4.74 Å². The Morgan fingerprint density at radius 1 is 1.25 bits per heavy atom. The molecule has 1 fully saturated rings. The predicted octanol–water partition coefficient (Wildman–Crippen LogP) is 1.12. The Morgan fingerprint density at radius 2 is 2.17 bits per heavy atom. The van der Waals surface area contributed by atoms with E-state index in [9.17, 15) is 0 Å². The van der Waals surface area contributed by atoms with Gasteiger partial charge >= 0.3 is 0 Å². The average Bonchev–Trinajstić information content (AvgIpc) is 2.33. The second-order valence-corrected chi connectivity index (χ2v) is 2.95. The van der Waals surface area contributed by atoms with Crippen LogP contribution >= 0.6 is 0 Å². The van der Waals surface area contributed by atoms with Gasteiger partial charge in [-0.3, -0.25) is 4.90 Å². The molecule has 2 nitrogen and oxygen atoms in total. The molecule has 1 aliphatic heterocycles. The van der Waals surface area contributed by atoms with Crippen molar-refractivity contribution in [3.05, 3.63) is 0 Å². The smallest absolute Gasteiger partial charge is 0.0602 e. The highest BCUT2D eigenvalue weighted by molar-refractivity contribution is 5.00. The van der Waals surface area contributed by atoms with Crippen LogP contribution in [0.4, 0.5) is 0 Å². The Hall–Kier alpha value is -0.520. The van der Waals surface area contributed by atoms with Gasteiger partial charge in [-0.25, -0.2) is 0 Å². The SMILES string of the molecule is CCC#CCN1CCCOCC1. The van der Waals surface area contributed by atoms with Crippen LogP contribution in [0, 0.1) is 11.8 Å². The zero-order chi connectivity index (χ0) is 8.65. The standard InChI is InChI=1S/C10H17NO/c1-2-3-4-6-11-7-5-9-12-10-8-11/h2,5-10H2,1H3. The molecule has 0 radical (unpaired) electrons. The second kappa shape index (κ2) is 6.05. The lowest BCUT2D eigenvalue weighted by Gasteiger charge is -2.14. The van der Waals surface area contributed by atoms with Crippen LogP contribution in [0.15, 0.2) is 0 Å². The lowest BCUT2D eigenvalue weighted by molar-refractivity contribution is 0.143. The maximum atomic E-state index is 5.34. The monoisotopic (exact) mass is 167 g/mol. The summed E-state index contributed by atoms with van der Waals surface area (Å²) in [5.41, 5.74) is 0. The number of ether oxygens (including phenoxy) is 1. The third-order valence-corrected chi connectivity index (χ3v) is 1.92. The molecule has 0 aromatic heterocycles. The van der Waals surface area contributed by atoms with Crippen LogP contribution in [0.5, 0.6) is 0 Å². The van der Waals surface area contributed by atoms with E-state index in [4.69, 9.17) is 4.74 Å². The Kier molecular flexibility index (Phi) is 4.82. The third kappa shape index (κ3) is 3.75. The maximum Gasteiger partial charge on any atom is 0.0602 e. The summed E-state index contributed by atoms with van der Waals surface area (Å²) < 4.78 is 5.34. The van der Waals surface area contributed by atoms with Crippen LogP contribution in [0.3, 0.4) is 0 Å². The minimum atomic E-state index is 0.869. The van der Waals surface area contributed by atoms with Crippen LogP contribution in [-0.2, 0) is 4.74 Å². The first-order valence-corrected chi connectivity index (χ1v) is 4.69. The van der Waals surface area contributed by atoms with Crippen molar-refractivity contribution in [3.8, 4) is 11.8 Å². The lowest BCUT2D eigenvalue weighted by atomic mass is 10.4. The molecule has 0 saturated carbocycles. The molecule has 12 heavy (non-hydrogen) atoms. The van der Waals surface area contributed by atoms with E-state index in [1.807, 2.05) is 0 Å². The van der Waals surface area contributed by atoms with Crippen molar-refractivity contribution >= 4 is 0 Å². The van der Waals surface area contributed by atoms with Crippen LogP contribution in [0.1, 0.15) is 19.8 Å². The molecule has 2 heteroatoms. The van der Waals surface area contributed by atoms with E-state index in [2.05, 4.69) is 23.7 Å². The van der Waals surface area contributed by atoms with Crippen LogP contribution < -0.4 is 0 Å². The zero-order valence-corrected chi connectivity index (χ0v) is 7.81. The van der Waals surface area contributed by atoms with Gasteiger partial charge in [0, 0.05) is 26.1 Å². The van der Waals surface area contributed by atoms with E-state index in [-0.39, 0.29) is 0 Å². The summed E-state index contributed by atoms with van der Waals surface area (Å²) in [6, 6.07) is 0. The van der Waals surface area contributed by atoms with Gasteiger partial charge in [0.1, 0.15) is 0 Å². The number of rotatable bonds is 1. The van der Waals surface area contributed by atoms with Crippen molar-refractivity contribution in [2.45, 2.75) is 19.8 Å². The van der Waals surface area contributed by atoms with Gasteiger partial charge in [-0.05, 0) is 6.42 Å². The molecule has 1 heterocycles. The minimum Gasteiger partial charge on any atom is -0.380 e. The second-order valence-electron chi connectivity index (χ2n) is 2.95. The summed E-state index contributed by atoms with van der Waals surface area (Å²) in [6.07, 6.45) is 2.11. The first kappa shape index (κ1) is 9.57. The quantitative estimate of drug-likeness (QED) is 0.543. The van der Waals surface area contributed by atoms with Crippen molar-refractivity contribution in [3.63, 3.8) is 0 Å². The largest absolute Gasteiger partial charge is 0.380 e. The van der Waals surface area contributed by atoms with E-state index in [1.165, 1.54) is 0 Å². The molecule has 1 rings (SSSR count). The van der Waals surface area contributed by atoms with E-state index < -0.39 is 0 Å². The minimum absolute atomic E-state index is 0.869. The molecule has 0 aliphatic carbocycles. The van der Waals surface area contributed by atoms with Gasteiger partial charge in [0.25, 0.3) is 0 Å². The first-order chi connectivity index (χ1) is 5.93. The first-order valence-electron chi connectivity index (χ1n) is 4.69. The Morgan fingerprint density at radius 3 is 3.00 bits per heavy atom. The molecule has 0 unspecified atom stereocenters. The van der Waals surface area contributed by atoms with Crippen molar-refractivity contribution in [1.29, 1.82) is 0 Å².